The number of carbonyl (C=O) groups excluding carboxylic acids is 1. The SMILES string of the molecule is COCCNC(=O)CS(=O)(=O)Cc1ccc(Cl)cc1. The van der Waals surface area contributed by atoms with Crippen LogP contribution in [0, 0.1) is 0 Å². The molecule has 0 heterocycles. The van der Waals surface area contributed by atoms with E-state index in [1.807, 2.05) is 0 Å². The Labute approximate surface area is 117 Å². The third kappa shape index (κ3) is 6.56. The molecular weight excluding hydrogens is 290 g/mol. The van der Waals surface area contributed by atoms with Crippen LogP contribution in [0.5, 0.6) is 0 Å². The first-order valence-electron chi connectivity index (χ1n) is 5.63. The maximum atomic E-state index is 11.8. The molecule has 7 heteroatoms. The van der Waals surface area contributed by atoms with Gasteiger partial charge >= 0.3 is 0 Å². The molecule has 0 spiro atoms. The zero-order chi connectivity index (χ0) is 14.3. The van der Waals surface area contributed by atoms with Crippen molar-refractivity contribution < 1.29 is 17.9 Å². The Hall–Kier alpha value is -1.11. The lowest BCUT2D eigenvalue weighted by atomic mass is 10.2. The minimum Gasteiger partial charge on any atom is -0.383 e. The second-order valence-corrected chi connectivity index (χ2v) is 6.50. The number of methoxy groups -OCH3 is 1. The standard InChI is InChI=1S/C12H16ClNO4S/c1-18-7-6-14-12(15)9-19(16,17)8-10-2-4-11(13)5-3-10/h2-5H,6-9H2,1H3,(H,14,15). The Bertz CT molecular complexity index is 513. The predicted octanol–water partition coefficient (Wildman–Crippen LogP) is 1.02. The molecule has 0 saturated heterocycles. The van der Waals surface area contributed by atoms with Gasteiger partial charge in [0.15, 0.2) is 9.84 Å². The van der Waals surface area contributed by atoms with E-state index < -0.39 is 21.5 Å². The van der Waals surface area contributed by atoms with Crippen LogP contribution in [0.3, 0.4) is 0 Å². The van der Waals surface area contributed by atoms with Crippen LogP contribution in [0.25, 0.3) is 0 Å². The molecule has 0 aromatic heterocycles. The molecule has 1 aromatic rings. The normalized spacial score (nSPS) is 11.3. The van der Waals surface area contributed by atoms with Crippen LogP contribution < -0.4 is 5.32 Å². The number of hydrogen-bond acceptors (Lipinski definition) is 4. The summed E-state index contributed by atoms with van der Waals surface area (Å²) in [6, 6.07) is 6.49. The van der Waals surface area contributed by atoms with E-state index in [1.165, 1.54) is 7.11 Å². The van der Waals surface area contributed by atoms with Gasteiger partial charge in [-0.15, -0.1) is 0 Å². The molecule has 1 rings (SSSR count). The lowest BCUT2D eigenvalue weighted by Gasteiger charge is -2.06. The number of hydrogen-bond donors (Lipinski definition) is 1. The van der Waals surface area contributed by atoms with E-state index in [4.69, 9.17) is 16.3 Å². The molecule has 0 unspecified atom stereocenters. The maximum absolute atomic E-state index is 11.8. The van der Waals surface area contributed by atoms with Crippen LogP contribution in [0.1, 0.15) is 5.56 Å². The highest BCUT2D eigenvalue weighted by molar-refractivity contribution is 7.91. The summed E-state index contributed by atoms with van der Waals surface area (Å²) >= 11 is 5.71. The average molecular weight is 306 g/mol. The van der Waals surface area contributed by atoms with Crippen LogP contribution in [0.2, 0.25) is 5.02 Å². The first-order chi connectivity index (χ1) is 8.93. The van der Waals surface area contributed by atoms with Crippen molar-refractivity contribution in [3.05, 3.63) is 34.9 Å². The lowest BCUT2D eigenvalue weighted by molar-refractivity contribution is -0.118. The van der Waals surface area contributed by atoms with Crippen molar-refractivity contribution >= 4 is 27.3 Å². The summed E-state index contributed by atoms with van der Waals surface area (Å²) in [5.41, 5.74) is 0.606. The second kappa shape index (κ2) is 7.47. The Kier molecular flexibility index (Phi) is 6.27. The van der Waals surface area contributed by atoms with Gasteiger partial charge in [0.05, 0.1) is 12.4 Å². The first kappa shape index (κ1) is 15.9. The lowest BCUT2D eigenvalue weighted by Crippen LogP contribution is -2.33. The van der Waals surface area contributed by atoms with Crippen molar-refractivity contribution in [3.8, 4) is 0 Å². The number of ether oxygens (including phenoxy) is 1. The molecule has 0 aliphatic carbocycles. The summed E-state index contributed by atoms with van der Waals surface area (Å²) in [7, 11) is -1.98. The van der Waals surface area contributed by atoms with Gasteiger partial charge in [0.1, 0.15) is 5.75 Å². The number of sulfone groups is 1. The predicted molar refractivity (Wildman–Crippen MR) is 73.8 cm³/mol. The van der Waals surface area contributed by atoms with Crippen molar-refractivity contribution in [3.63, 3.8) is 0 Å². The summed E-state index contributed by atoms with van der Waals surface area (Å²) in [4.78, 5) is 11.4. The second-order valence-electron chi connectivity index (χ2n) is 4.00. The number of halogens is 1. The number of nitrogens with one attached hydrogen (secondary N) is 1. The fraction of sp³-hybridized carbons (Fsp3) is 0.417. The summed E-state index contributed by atoms with van der Waals surface area (Å²) in [6.07, 6.45) is 0. The maximum Gasteiger partial charge on any atom is 0.235 e. The number of benzene rings is 1. The van der Waals surface area contributed by atoms with Crippen molar-refractivity contribution in [1.82, 2.24) is 5.32 Å². The highest BCUT2D eigenvalue weighted by Crippen LogP contribution is 2.12. The van der Waals surface area contributed by atoms with Crippen molar-refractivity contribution in [1.29, 1.82) is 0 Å². The monoisotopic (exact) mass is 305 g/mol. The fourth-order valence-electron chi connectivity index (χ4n) is 1.43. The van der Waals surface area contributed by atoms with Crippen LogP contribution in [0.15, 0.2) is 24.3 Å². The molecule has 0 fully saturated rings. The van der Waals surface area contributed by atoms with Crippen molar-refractivity contribution in [2.24, 2.45) is 0 Å². The Balaban J connectivity index is 2.52. The van der Waals surface area contributed by atoms with Crippen LogP contribution in [-0.4, -0.2) is 40.3 Å². The highest BCUT2D eigenvalue weighted by atomic mass is 35.5. The summed E-state index contributed by atoms with van der Waals surface area (Å²) in [6.45, 7) is 0.648. The molecular formula is C12H16ClNO4S. The zero-order valence-corrected chi connectivity index (χ0v) is 12.1. The van der Waals surface area contributed by atoms with Gasteiger partial charge in [0.2, 0.25) is 5.91 Å². The topological polar surface area (TPSA) is 72.5 Å². The van der Waals surface area contributed by atoms with E-state index in [-0.39, 0.29) is 5.75 Å². The minimum atomic E-state index is -3.48. The smallest absolute Gasteiger partial charge is 0.235 e. The molecule has 0 bridgehead atoms. The third-order valence-electron chi connectivity index (χ3n) is 2.28. The molecule has 1 N–H and O–H groups in total. The zero-order valence-electron chi connectivity index (χ0n) is 10.6. The molecule has 1 aromatic carbocycles. The molecule has 0 saturated carbocycles. The summed E-state index contributed by atoms with van der Waals surface area (Å²) in [5, 5.41) is 3.01. The van der Waals surface area contributed by atoms with Gasteiger partial charge in [-0.1, -0.05) is 23.7 Å². The first-order valence-corrected chi connectivity index (χ1v) is 7.83. The minimum absolute atomic E-state index is 0.179. The van der Waals surface area contributed by atoms with Gasteiger partial charge in [0, 0.05) is 18.7 Å². The Morgan fingerprint density at radius 3 is 2.53 bits per heavy atom. The average Bonchev–Trinajstić information content (AvgIpc) is 2.31. The van der Waals surface area contributed by atoms with Gasteiger partial charge in [0.25, 0.3) is 0 Å². The largest absolute Gasteiger partial charge is 0.383 e. The quantitative estimate of drug-likeness (QED) is 0.763. The molecule has 106 valence electrons. The Morgan fingerprint density at radius 2 is 1.95 bits per heavy atom. The van der Waals surface area contributed by atoms with Crippen LogP contribution in [0.4, 0.5) is 0 Å². The van der Waals surface area contributed by atoms with Gasteiger partial charge in [-0.05, 0) is 17.7 Å². The summed E-state index contributed by atoms with van der Waals surface area (Å²) in [5.74, 6) is -1.23. The number of rotatable bonds is 7. The van der Waals surface area contributed by atoms with E-state index in [2.05, 4.69) is 5.32 Å². The number of amides is 1. The van der Waals surface area contributed by atoms with E-state index in [0.717, 1.165) is 0 Å². The molecule has 0 radical (unpaired) electrons. The molecule has 0 atom stereocenters. The van der Waals surface area contributed by atoms with Crippen molar-refractivity contribution in [2.75, 3.05) is 26.0 Å². The van der Waals surface area contributed by atoms with Gasteiger partial charge in [-0.3, -0.25) is 4.79 Å². The van der Waals surface area contributed by atoms with Crippen LogP contribution >= 0.6 is 11.6 Å². The third-order valence-corrected chi connectivity index (χ3v) is 4.01. The molecule has 5 nitrogen and oxygen atoms in total. The van der Waals surface area contributed by atoms with E-state index in [1.54, 1.807) is 24.3 Å². The van der Waals surface area contributed by atoms with E-state index in [0.29, 0.717) is 23.7 Å². The van der Waals surface area contributed by atoms with Gasteiger partial charge in [-0.2, -0.15) is 0 Å². The highest BCUT2D eigenvalue weighted by Gasteiger charge is 2.17. The molecule has 0 aliphatic heterocycles. The van der Waals surface area contributed by atoms with Gasteiger partial charge in [-0.25, -0.2) is 8.42 Å². The van der Waals surface area contributed by atoms with Crippen molar-refractivity contribution in [2.45, 2.75) is 5.75 Å². The Morgan fingerprint density at radius 1 is 1.32 bits per heavy atom. The van der Waals surface area contributed by atoms with E-state index >= 15 is 0 Å². The van der Waals surface area contributed by atoms with Gasteiger partial charge < -0.3 is 10.1 Å². The number of carbonyl (C=O) groups is 1. The molecule has 0 aliphatic rings. The van der Waals surface area contributed by atoms with Crippen LogP contribution in [-0.2, 0) is 25.1 Å². The molecule has 1 amide bonds. The fourth-order valence-corrected chi connectivity index (χ4v) is 2.86. The summed E-state index contributed by atoms with van der Waals surface area (Å²) < 4.78 is 28.4. The molecule has 19 heavy (non-hydrogen) atoms. The van der Waals surface area contributed by atoms with E-state index in [9.17, 15) is 13.2 Å².